The maximum Gasteiger partial charge on any atom is 0.309 e. The number of hydrogen-bond acceptors (Lipinski definition) is 1. The highest BCUT2D eigenvalue weighted by molar-refractivity contribution is 6.31. The van der Waals surface area contributed by atoms with Gasteiger partial charge in [-0.3, -0.25) is 4.79 Å². The van der Waals surface area contributed by atoms with Crippen molar-refractivity contribution in [2.75, 3.05) is 0 Å². The van der Waals surface area contributed by atoms with E-state index in [0.29, 0.717) is 24.8 Å². The molecule has 0 fully saturated rings. The molecule has 0 saturated carbocycles. The minimum atomic E-state index is -0.831. The highest BCUT2D eigenvalue weighted by atomic mass is 35.5. The summed E-state index contributed by atoms with van der Waals surface area (Å²) in [6.07, 6.45) is 1.37. The first-order valence-corrected chi connectivity index (χ1v) is 6.00. The van der Waals surface area contributed by atoms with Crippen molar-refractivity contribution in [3.63, 3.8) is 0 Å². The van der Waals surface area contributed by atoms with Crippen molar-refractivity contribution < 1.29 is 14.3 Å². The van der Waals surface area contributed by atoms with Gasteiger partial charge in [0, 0.05) is 5.02 Å². The van der Waals surface area contributed by atoms with Crippen molar-refractivity contribution in [2.24, 2.45) is 5.41 Å². The summed E-state index contributed by atoms with van der Waals surface area (Å²) in [6, 6.07) is 4.08. The maximum atomic E-state index is 12.9. The molecule has 2 nitrogen and oxygen atoms in total. The lowest BCUT2D eigenvalue weighted by molar-refractivity contribution is -0.149. The van der Waals surface area contributed by atoms with Gasteiger partial charge >= 0.3 is 5.97 Å². The summed E-state index contributed by atoms with van der Waals surface area (Å²) in [4.78, 5) is 11.3. The van der Waals surface area contributed by atoms with E-state index in [1.165, 1.54) is 12.1 Å². The Labute approximate surface area is 105 Å². The summed E-state index contributed by atoms with van der Waals surface area (Å²) in [6.45, 7) is 3.68. The molecule has 94 valence electrons. The second-order valence-electron chi connectivity index (χ2n) is 4.21. The van der Waals surface area contributed by atoms with Crippen molar-refractivity contribution in [2.45, 2.75) is 33.1 Å². The van der Waals surface area contributed by atoms with Crippen molar-refractivity contribution in [1.82, 2.24) is 0 Å². The van der Waals surface area contributed by atoms with Gasteiger partial charge in [0.15, 0.2) is 0 Å². The molecule has 0 spiro atoms. The van der Waals surface area contributed by atoms with Gasteiger partial charge in [-0.2, -0.15) is 0 Å². The molecule has 1 aromatic rings. The van der Waals surface area contributed by atoms with E-state index in [-0.39, 0.29) is 5.02 Å². The van der Waals surface area contributed by atoms with Gasteiger partial charge in [0.1, 0.15) is 5.82 Å². The largest absolute Gasteiger partial charge is 0.481 e. The van der Waals surface area contributed by atoms with Crippen LogP contribution in [0.15, 0.2) is 18.2 Å². The van der Waals surface area contributed by atoms with Gasteiger partial charge in [-0.15, -0.1) is 0 Å². The maximum absolute atomic E-state index is 12.9. The third kappa shape index (κ3) is 2.97. The number of rotatable bonds is 5. The van der Waals surface area contributed by atoms with E-state index in [0.717, 1.165) is 0 Å². The minimum absolute atomic E-state index is 0.289. The minimum Gasteiger partial charge on any atom is -0.481 e. The summed E-state index contributed by atoms with van der Waals surface area (Å²) in [7, 11) is 0. The highest BCUT2D eigenvalue weighted by Gasteiger charge is 2.35. The molecule has 0 radical (unpaired) electrons. The van der Waals surface area contributed by atoms with Gasteiger partial charge in [0.05, 0.1) is 5.41 Å². The van der Waals surface area contributed by atoms with E-state index in [4.69, 9.17) is 11.6 Å². The van der Waals surface area contributed by atoms with E-state index in [1.807, 2.05) is 13.8 Å². The number of aliphatic carboxylic acids is 1. The van der Waals surface area contributed by atoms with Crippen molar-refractivity contribution in [3.8, 4) is 0 Å². The van der Waals surface area contributed by atoms with Crippen LogP contribution in [0.4, 0.5) is 4.39 Å². The normalized spacial score (nSPS) is 11.5. The Balaban J connectivity index is 3.05. The molecule has 4 heteroatoms. The first-order valence-electron chi connectivity index (χ1n) is 5.62. The molecular formula is C13H16ClFO2. The van der Waals surface area contributed by atoms with Crippen molar-refractivity contribution >= 4 is 17.6 Å². The number of hydrogen-bond donors (Lipinski definition) is 1. The molecule has 0 amide bonds. The van der Waals surface area contributed by atoms with E-state index >= 15 is 0 Å². The number of halogens is 2. The lowest BCUT2D eigenvalue weighted by Crippen LogP contribution is -2.32. The molecule has 0 aliphatic carbocycles. The zero-order valence-corrected chi connectivity index (χ0v) is 10.7. The Hall–Kier alpha value is -1.09. The summed E-state index contributed by atoms with van der Waals surface area (Å²) in [5.74, 6) is -1.24. The van der Waals surface area contributed by atoms with Crippen LogP contribution in [0.2, 0.25) is 5.02 Å². The average molecular weight is 259 g/mol. The second-order valence-corrected chi connectivity index (χ2v) is 4.61. The Morgan fingerprint density at radius 2 is 2.00 bits per heavy atom. The topological polar surface area (TPSA) is 37.3 Å². The van der Waals surface area contributed by atoms with E-state index in [2.05, 4.69) is 0 Å². The van der Waals surface area contributed by atoms with Gasteiger partial charge in [0.2, 0.25) is 0 Å². The zero-order chi connectivity index (χ0) is 13.1. The standard InChI is InChI=1S/C13H16ClFO2/c1-3-13(4-2,12(16)17)8-9-5-6-10(15)7-11(9)14/h5-7H,3-4,8H2,1-2H3,(H,16,17). The molecular weight excluding hydrogens is 243 g/mol. The predicted octanol–water partition coefficient (Wildman–Crippen LogP) is 3.91. The molecule has 1 rings (SSSR count). The Bertz CT molecular complexity index is 414. The lowest BCUT2D eigenvalue weighted by Gasteiger charge is -2.27. The molecule has 0 aliphatic rings. The van der Waals surface area contributed by atoms with Crippen LogP contribution in [0.1, 0.15) is 32.3 Å². The molecule has 0 aromatic heterocycles. The zero-order valence-electron chi connectivity index (χ0n) is 9.96. The van der Waals surface area contributed by atoms with Crippen molar-refractivity contribution in [3.05, 3.63) is 34.6 Å². The van der Waals surface area contributed by atoms with E-state index in [9.17, 15) is 14.3 Å². The Morgan fingerprint density at radius 1 is 1.41 bits per heavy atom. The van der Waals surface area contributed by atoms with Crippen LogP contribution in [0.3, 0.4) is 0 Å². The summed E-state index contributed by atoms with van der Waals surface area (Å²) in [5, 5.41) is 9.60. The highest BCUT2D eigenvalue weighted by Crippen LogP contribution is 2.33. The smallest absolute Gasteiger partial charge is 0.309 e. The van der Waals surface area contributed by atoms with E-state index < -0.39 is 17.2 Å². The van der Waals surface area contributed by atoms with Crippen LogP contribution in [0.25, 0.3) is 0 Å². The third-order valence-electron chi connectivity index (χ3n) is 3.35. The predicted molar refractivity (Wildman–Crippen MR) is 65.8 cm³/mol. The van der Waals surface area contributed by atoms with Crippen LogP contribution in [0, 0.1) is 11.2 Å². The fraction of sp³-hybridized carbons (Fsp3) is 0.462. The lowest BCUT2D eigenvalue weighted by atomic mass is 9.77. The number of carboxylic acids is 1. The molecule has 1 N–H and O–H groups in total. The molecule has 0 saturated heterocycles. The van der Waals surface area contributed by atoms with Gasteiger partial charge in [0.25, 0.3) is 0 Å². The summed E-state index contributed by atoms with van der Waals surface area (Å²) >= 11 is 5.92. The molecule has 0 atom stereocenters. The quantitative estimate of drug-likeness (QED) is 0.869. The first-order chi connectivity index (χ1) is 7.95. The molecule has 17 heavy (non-hydrogen) atoms. The summed E-state index contributed by atoms with van der Waals surface area (Å²) < 4.78 is 12.9. The van der Waals surface area contributed by atoms with Crippen LogP contribution >= 0.6 is 11.6 Å². The van der Waals surface area contributed by atoms with Crippen LogP contribution in [-0.2, 0) is 11.2 Å². The number of carbonyl (C=O) groups is 1. The molecule has 1 aromatic carbocycles. The van der Waals surface area contributed by atoms with Gasteiger partial charge in [-0.25, -0.2) is 4.39 Å². The SMILES string of the molecule is CCC(CC)(Cc1ccc(F)cc1Cl)C(=O)O. The Kier molecular flexibility index (Phi) is 4.52. The molecule has 0 bridgehead atoms. The average Bonchev–Trinajstić information content (AvgIpc) is 2.28. The fourth-order valence-corrected chi connectivity index (χ4v) is 2.14. The van der Waals surface area contributed by atoms with Gasteiger partial charge < -0.3 is 5.11 Å². The van der Waals surface area contributed by atoms with Gasteiger partial charge in [-0.05, 0) is 37.0 Å². The van der Waals surface area contributed by atoms with Crippen LogP contribution in [0.5, 0.6) is 0 Å². The second kappa shape index (κ2) is 5.50. The third-order valence-corrected chi connectivity index (χ3v) is 3.70. The monoisotopic (exact) mass is 258 g/mol. The van der Waals surface area contributed by atoms with Crippen LogP contribution in [-0.4, -0.2) is 11.1 Å². The number of benzene rings is 1. The molecule has 0 heterocycles. The fourth-order valence-electron chi connectivity index (χ4n) is 1.91. The number of carboxylic acid groups (broad SMARTS) is 1. The van der Waals surface area contributed by atoms with Crippen LogP contribution < -0.4 is 0 Å². The van der Waals surface area contributed by atoms with Crippen molar-refractivity contribution in [1.29, 1.82) is 0 Å². The summed E-state index contributed by atoms with van der Waals surface area (Å²) in [5.41, 5.74) is -0.138. The first kappa shape index (κ1) is 14.0. The van der Waals surface area contributed by atoms with Gasteiger partial charge in [-0.1, -0.05) is 31.5 Å². The molecule has 0 unspecified atom stereocenters. The Morgan fingerprint density at radius 3 is 2.41 bits per heavy atom. The molecule has 0 aliphatic heterocycles. The van der Waals surface area contributed by atoms with E-state index in [1.54, 1.807) is 6.07 Å².